The Morgan fingerprint density at radius 1 is 1.38 bits per heavy atom. The highest BCUT2D eigenvalue weighted by Gasteiger charge is 2.32. The minimum absolute atomic E-state index is 0.0329. The van der Waals surface area contributed by atoms with Crippen molar-refractivity contribution >= 4 is 11.5 Å². The molecule has 0 aromatic heterocycles. The minimum atomic E-state index is -4.53. The lowest BCUT2D eigenvalue weighted by atomic mass is 10.0. The van der Waals surface area contributed by atoms with E-state index in [9.17, 15) is 13.2 Å². The molecule has 0 spiro atoms. The summed E-state index contributed by atoms with van der Waals surface area (Å²) in [6.45, 7) is 3.69. The number of aliphatic hydroxyl groups is 1. The first kappa shape index (κ1) is 17.1. The van der Waals surface area contributed by atoms with Gasteiger partial charge in [-0.1, -0.05) is 5.16 Å². The van der Waals surface area contributed by atoms with Gasteiger partial charge in [0, 0.05) is 23.8 Å². The van der Waals surface area contributed by atoms with Gasteiger partial charge < -0.3 is 20.9 Å². The molecule has 0 radical (unpaired) electrons. The highest BCUT2D eigenvalue weighted by Crippen LogP contribution is 2.33. The van der Waals surface area contributed by atoms with Gasteiger partial charge in [0.2, 0.25) is 0 Å². The van der Waals surface area contributed by atoms with Crippen LogP contribution in [0, 0.1) is 0 Å². The van der Waals surface area contributed by atoms with Crippen molar-refractivity contribution in [3.63, 3.8) is 0 Å². The molecule has 8 heteroatoms. The van der Waals surface area contributed by atoms with Gasteiger partial charge in [-0.2, -0.15) is 13.2 Å². The highest BCUT2D eigenvalue weighted by atomic mass is 19.4. The smallest absolute Gasteiger partial charge is 0.409 e. The molecule has 4 N–H and O–H groups in total. The number of nitrogens with zero attached hydrogens (tertiary/aromatic N) is 2. The van der Waals surface area contributed by atoms with Crippen LogP contribution in [0.3, 0.4) is 0 Å². The SMILES string of the molecule is CC(C)N(CCO)c1ccc(C(F)(F)F)cc1C(N)=NO. The van der Waals surface area contributed by atoms with E-state index in [1.165, 1.54) is 6.07 Å². The number of benzene rings is 1. The summed E-state index contributed by atoms with van der Waals surface area (Å²) in [5, 5.41) is 20.6. The Bertz CT molecular complexity index is 516. The van der Waals surface area contributed by atoms with Gasteiger partial charge in [0.15, 0.2) is 5.84 Å². The molecular weight excluding hydrogens is 287 g/mol. The number of oxime groups is 1. The number of aliphatic hydroxyl groups excluding tert-OH is 1. The Labute approximate surface area is 120 Å². The molecule has 5 nitrogen and oxygen atoms in total. The van der Waals surface area contributed by atoms with Gasteiger partial charge in [0.25, 0.3) is 0 Å². The monoisotopic (exact) mass is 305 g/mol. The number of hydrogen-bond donors (Lipinski definition) is 3. The van der Waals surface area contributed by atoms with Crippen molar-refractivity contribution < 1.29 is 23.5 Å². The standard InChI is InChI=1S/C13H18F3N3O2/c1-8(2)19(5-6-20)11-4-3-9(13(14,15)16)7-10(11)12(17)18-21/h3-4,7-8,20-21H,5-6H2,1-2H3,(H2,17,18). The average molecular weight is 305 g/mol. The number of amidine groups is 1. The molecule has 0 fully saturated rings. The Hall–Kier alpha value is -1.96. The van der Waals surface area contributed by atoms with E-state index >= 15 is 0 Å². The molecular formula is C13H18F3N3O2. The number of halogens is 3. The molecule has 0 saturated heterocycles. The largest absolute Gasteiger partial charge is 0.416 e. The van der Waals surface area contributed by atoms with Crippen LogP contribution in [0.15, 0.2) is 23.4 Å². The number of hydrogen-bond acceptors (Lipinski definition) is 4. The van der Waals surface area contributed by atoms with Crippen molar-refractivity contribution in [3.8, 4) is 0 Å². The molecule has 1 aromatic rings. The fourth-order valence-electron chi connectivity index (χ4n) is 1.99. The summed E-state index contributed by atoms with van der Waals surface area (Å²) >= 11 is 0. The Balaban J connectivity index is 3.44. The summed E-state index contributed by atoms with van der Waals surface area (Å²) in [7, 11) is 0. The van der Waals surface area contributed by atoms with Crippen LogP contribution in [-0.2, 0) is 6.18 Å². The molecule has 0 atom stereocenters. The molecule has 0 saturated carbocycles. The van der Waals surface area contributed by atoms with Crippen LogP contribution in [-0.4, -0.2) is 35.3 Å². The fraction of sp³-hybridized carbons (Fsp3) is 0.462. The Kier molecular flexibility index (Phi) is 5.42. The number of anilines is 1. The third-order valence-electron chi connectivity index (χ3n) is 2.98. The molecule has 21 heavy (non-hydrogen) atoms. The Morgan fingerprint density at radius 2 is 2.00 bits per heavy atom. The number of alkyl halides is 3. The number of nitrogens with two attached hydrogens (primary N) is 1. The normalized spacial score (nSPS) is 12.8. The second-order valence-corrected chi connectivity index (χ2v) is 4.73. The lowest BCUT2D eigenvalue weighted by Crippen LogP contribution is -2.35. The molecule has 1 rings (SSSR count). The molecule has 0 aliphatic rings. The zero-order valence-corrected chi connectivity index (χ0v) is 11.7. The van der Waals surface area contributed by atoms with Crippen LogP contribution in [0.5, 0.6) is 0 Å². The second kappa shape index (κ2) is 6.66. The molecule has 0 unspecified atom stereocenters. The van der Waals surface area contributed by atoms with Crippen LogP contribution < -0.4 is 10.6 Å². The van der Waals surface area contributed by atoms with Gasteiger partial charge in [0.05, 0.1) is 12.2 Å². The zero-order chi connectivity index (χ0) is 16.2. The van der Waals surface area contributed by atoms with Crippen molar-refractivity contribution in [1.82, 2.24) is 0 Å². The van der Waals surface area contributed by atoms with Crippen LogP contribution in [0.25, 0.3) is 0 Å². The summed E-state index contributed by atoms with van der Waals surface area (Å²) in [6.07, 6.45) is -4.53. The summed E-state index contributed by atoms with van der Waals surface area (Å²) in [5.74, 6) is -0.417. The van der Waals surface area contributed by atoms with Gasteiger partial charge in [-0.15, -0.1) is 0 Å². The maximum absolute atomic E-state index is 12.8. The quantitative estimate of drug-likeness (QED) is 0.336. The van der Waals surface area contributed by atoms with Gasteiger partial charge in [0.1, 0.15) is 0 Å². The first-order valence-electron chi connectivity index (χ1n) is 6.29. The van der Waals surface area contributed by atoms with Crippen LogP contribution in [0.4, 0.5) is 18.9 Å². The Morgan fingerprint density at radius 3 is 2.43 bits per heavy atom. The molecule has 0 amide bonds. The molecule has 1 aromatic carbocycles. The van der Waals surface area contributed by atoms with E-state index in [1.807, 2.05) is 13.8 Å². The predicted molar refractivity (Wildman–Crippen MR) is 73.5 cm³/mol. The fourth-order valence-corrected chi connectivity index (χ4v) is 1.99. The average Bonchev–Trinajstić information content (AvgIpc) is 2.42. The first-order chi connectivity index (χ1) is 9.72. The molecule has 0 aliphatic heterocycles. The van der Waals surface area contributed by atoms with Crippen LogP contribution >= 0.6 is 0 Å². The van der Waals surface area contributed by atoms with E-state index < -0.39 is 17.6 Å². The van der Waals surface area contributed by atoms with Gasteiger partial charge >= 0.3 is 6.18 Å². The van der Waals surface area contributed by atoms with Gasteiger partial charge in [-0.3, -0.25) is 0 Å². The van der Waals surface area contributed by atoms with Crippen LogP contribution in [0.1, 0.15) is 25.0 Å². The van der Waals surface area contributed by atoms with Crippen molar-refractivity contribution in [1.29, 1.82) is 0 Å². The third kappa shape index (κ3) is 4.01. The topological polar surface area (TPSA) is 82.1 Å². The van der Waals surface area contributed by atoms with Gasteiger partial charge in [-0.05, 0) is 32.0 Å². The lowest BCUT2D eigenvalue weighted by molar-refractivity contribution is -0.137. The number of rotatable bonds is 5. The van der Waals surface area contributed by atoms with E-state index in [0.717, 1.165) is 12.1 Å². The van der Waals surface area contributed by atoms with Crippen LogP contribution in [0.2, 0.25) is 0 Å². The molecule has 0 aliphatic carbocycles. The summed E-state index contributed by atoms with van der Waals surface area (Å²) in [4.78, 5) is 1.67. The van der Waals surface area contributed by atoms with Crippen molar-refractivity contribution in [3.05, 3.63) is 29.3 Å². The maximum Gasteiger partial charge on any atom is 0.416 e. The predicted octanol–water partition coefficient (Wildman–Crippen LogP) is 2.01. The van der Waals surface area contributed by atoms with Gasteiger partial charge in [-0.25, -0.2) is 0 Å². The summed E-state index contributed by atoms with van der Waals surface area (Å²) < 4.78 is 38.3. The lowest BCUT2D eigenvalue weighted by Gasteiger charge is -2.30. The van der Waals surface area contributed by atoms with E-state index in [2.05, 4.69) is 5.16 Å². The van der Waals surface area contributed by atoms with E-state index in [-0.39, 0.29) is 24.8 Å². The third-order valence-corrected chi connectivity index (χ3v) is 2.98. The van der Waals surface area contributed by atoms with E-state index in [0.29, 0.717) is 5.69 Å². The highest BCUT2D eigenvalue weighted by molar-refractivity contribution is 6.02. The van der Waals surface area contributed by atoms with E-state index in [1.54, 1.807) is 4.90 Å². The molecule has 0 bridgehead atoms. The van der Waals surface area contributed by atoms with Crippen molar-refractivity contribution in [2.45, 2.75) is 26.1 Å². The molecule has 118 valence electrons. The van der Waals surface area contributed by atoms with Crippen molar-refractivity contribution in [2.24, 2.45) is 10.9 Å². The maximum atomic E-state index is 12.8. The van der Waals surface area contributed by atoms with E-state index in [4.69, 9.17) is 16.0 Å². The summed E-state index contributed by atoms with van der Waals surface area (Å²) in [6, 6.07) is 2.93. The summed E-state index contributed by atoms with van der Waals surface area (Å²) in [5.41, 5.74) is 4.93. The first-order valence-corrected chi connectivity index (χ1v) is 6.29. The molecule has 0 heterocycles. The van der Waals surface area contributed by atoms with Crippen molar-refractivity contribution in [2.75, 3.05) is 18.1 Å². The second-order valence-electron chi connectivity index (χ2n) is 4.73. The minimum Gasteiger partial charge on any atom is -0.409 e. The zero-order valence-electron chi connectivity index (χ0n) is 11.7.